The molecule has 0 aliphatic carbocycles. The average Bonchev–Trinajstić information content (AvgIpc) is 3.76. The molecule has 7 N–H and O–H groups in total. The maximum Gasteiger partial charge on any atom is 0.253 e. The van der Waals surface area contributed by atoms with Crippen LogP contribution in [0.15, 0.2) is 12.2 Å². The molecule has 2 unspecified atom stereocenters. The maximum atomic E-state index is 13.3. The van der Waals surface area contributed by atoms with Crippen LogP contribution in [0.3, 0.4) is 0 Å². The van der Waals surface area contributed by atoms with Crippen LogP contribution >= 0.6 is 0 Å². The summed E-state index contributed by atoms with van der Waals surface area (Å²) in [5.41, 5.74) is 0. The molecule has 15 heteroatoms. The van der Waals surface area contributed by atoms with Crippen molar-refractivity contribution in [1.29, 1.82) is 0 Å². The predicted molar refractivity (Wildman–Crippen MR) is 312 cm³/mol. The number of aliphatic hydroxyl groups excluding tert-OH is 5. The molecule has 1 fully saturated rings. The second-order valence-electron chi connectivity index (χ2n) is 23.0. The van der Waals surface area contributed by atoms with E-state index in [4.69, 9.17) is 14.2 Å². The smallest absolute Gasteiger partial charge is 0.253 e. The molecule has 2 aliphatic rings. The lowest BCUT2D eigenvalue weighted by Crippen LogP contribution is -2.60. The average molecular weight is 1110 g/mol. The first-order valence-electron chi connectivity index (χ1n) is 32.3. The zero-order valence-electron chi connectivity index (χ0n) is 49.5. The lowest BCUT2D eigenvalue weighted by molar-refractivity contribution is -0.304. The summed E-state index contributed by atoms with van der Waals surface area (Å²) in [7, 11) is 0. The van der Waals surface area contributed by atoms with E-state index in [0.717, 1.165) is 69.1 Å². The zero-order chi connectivity index (χ0) is 56.7. The van der Waals surface area contributed by atoms with Crippen LogP contribution in [-0.4, -0.2) is 136 Å². The number of amides is 4. The number of imide groups is 1. The Morgan fingerprint density at radius 2 is 0.962 bits per heavy atom. The Balaban J connectivity index is 1.70. The van der Waals surface area contributed by atoms with Gasteiger partial charge in [-0.3, -0.25) is 24.1 Å². The number of ether oxygens (including phenoxy) is 3. The maximum absolute atomic E-state index is 13.3. The van der Waals surface area contributed by atoms with Crippen LogP contribution in [-0.2, 0) is 33.4 Å². The van der Waals surface area contributed by atoms with Crippen LogP contribution in [0.5, 0.6) is 0 Å². The van der Waals surface area contributed by atoms with Crippen molar-refractivity contribution >= 4 is 23.6 Å². The highest BCUT2D eigenvalue weighted by molar-refractivity contribution is 6.13. The first-order valence-corrected chi connectivity index (χ1v) is 32.3. The van der Waals surface area contributed by atoms with Gasteiger partial charge in [0.2, 0.25) is 11.8 Å². The highest BCUT2D eigenvalue weighted by Gasteiger charge is 2.45. The standard InChI is InChI=1S/C63H117N3O12/c1-3-5-7-9-11-13-15-17-18-19-20-21-22-23-24-25-26-27-29-31-33-35-39-43-56(69)65-52(59(72)53(67)42-38-34-32-30-28-16-14-12-10-8-6-4-2)50-77-63-62(75)61(74)60(73)54(78-63)51-76-49-41-37-36-40-47-64-55(68)46-48-66-57(70)44-45-58(66)71/h44-45,52-54,59-63,67,72-75H,3-43,46-51H2,1-2H3,(H,64,68)(H,65,69)/t52-,53+,54?,59-,60-,61-,62?,63-/m0/s1. The van der Waals surface area contributed by atoms with Gasteiger partial charge in [0.15, 0.2) is 6.29 Å². The molecule has 1 saturated heterocycles. The number of aliphatic hydroxyl groups is 5. The molecule has 2 aliphatic heterocycles. The number of carbonyl (C=O) groups is 4. The van der Waals surface area contributed by atoms with Crippen molar-refractivity contribution in [3.8, 4) is 0 Å². The van der Waals surface area contributed by atoms with Crippen LogP contribution in [0.25, 0.3) is 0 Å². The summed E-state index contributed by atoms with van der Waals surface area (Å²) in [5, 5.41) is 60.7. The number of unbranched alkanes of at least 4 members (excludes halogenated alkanes) is 36. The van der Waals surface area contributed by atoms with Crippen molar-refractivity contribution in [1.82, 2.24) is 15.5 Å². The van der Waals surface area contributed by atoms with Gasteiger partial charge in [-0.1, -0.05) is 245 Å². The first-order chi connectivity index (χ1) is 38.0. The predicted octanol–water partition coefficient (Wildman–Crippen LogP) is 11.5. The SMILES string of the molecule is CCCCCCCCCCCCCCCCCCCCCCCCCC(=O)N[C@@H](CO[C@H]1OC(COCCCCCCNC(=O)CCN2C(=O)C=CC2=O)[C@H](O)[C@H](O)C1O)[C@H](O)[C@H](O)CCCCCCCCCCCCCC. The lowest BCUT2D eigenvalue weighted by atomic mass is 9.98. The molecule has 2 rings (SSSR count). The van der Waals surface area contributed by atoms with Crippen molar-refractivity contribution < 1.29 is 58.9 Å². The van der Waals surface area contributed by atoms with E-state index in [0.29, 0.717) is 32.4 Å². The van der Waals surface area contributed by atoms with E-state index >= 15 is 0 Å². The van der Waals surface area contributed by atoms with Crippen LogP contribution in [0.1, 0.15) is 284 Å². The van der Waals surface area contributed by atoms with Crippen LogP contribution in [0.4, 0.5) is 0 Å². The first kappa shape index (κ1) is 71.6. The molecule has 0 aromatic heterocycles. The molecule has 2 heterocycles. The minimum Gasteiger partial charge on any atom is -0.390 e. The van der Waals surface area contributed by atoms with E-state index in [1.165, 1.54) is 186 Å². The van der Waals surface area contributed by atoms with E-state index in [2.05, 4.69) is 24.5 Å². The molecule has 0 aromatic carbocycles. The summed E-state index contributed by atoms with van der Waals surface area (Å²) >= 11 is 0. The normalized spacial score (nSPS) is 19.7. The van der Waals surface area contributed by atoms with E-state index in [-0.39, 0.29) is 44.4 Å². The molecule has 8 atom stereocenters. The number of hydrogen-bond acceptors (Lipinski definition) is 12. The second-order valence-corrected chi connectivity index (χ2v) is 23.0. The molecule has 0 bridgehead atoms. The van der Waals surface area contributed by atoms with E-state index in [1.807, 2.05) is 0 Å². The second kappa shape index (κ2) is 49.1. The third-order valence-electron chi connectivity index (χ3n) is 15.9. The van der Waals surface area contributed by atoms with Gasteiger partial charge in [-0.15, -0.1) is 0 Å². The monoisotopic (exact) mass is 1110 g/mol. The minimum absolute atomic E-state index is 0.0429. The van der Waals surface area contributed by atoms with Crippen molar-refractivity contribution in [2.45, 2.75) is 332 Å². The van der Waals surface area contributed by atoms with E-state index in [9.17, 15) is 44.7 Å². The fraction of sp³-hybridized carbons (Fsp3) is 0.905. The molecular weight excluding hydrogens is 991 g/mol. The number of nitrogens with zero attached hydrogens (tertiary/aromatic N) is 1. The van der Waals surface area contributed by atoms with Gasteiger partial charge in [0.05, 0.1) is 25.4 Å². The summed E-state index contributed by atoms with van der Waals surface area (Å²) < 4.78 is 17.6. The Labute approximate surface area is 473 Å². The number of nitrogens with one attached hydrogen (secondary N) is 2. The topological polar surface area (TPSA) is 224 Å². The Morgan fingerprint density at radius 1 is 0.538 bits per heavy atom. The lowest BCUT2D eigenvalue weighted by Gasteiger charge is -2.40. The van der Waals surface area contributed by atoms with Gasteiger partial charge in [0, 0.05) is 44.7 Å². The van der Waals surface area contributed by atoms with Gasteiger partial charge in [0.1, 0.15) is 30.5 Å². The quantitative estimate of drug-likeness (QED) is 0.0223. The summed E-state index contributed by atoms with van der Waals surface area (Å²) in [6.07, 6.45) is 40.5. The molecule has 78 heavy (non-hydrogen) atoms. The fourth-order valence-corrected chi connectivity index (χ4v) is 10.7. The van der Waals surface area contributed by atoms with Crippen LogP contribution in [0.2, 0.25) is 0 Å². The van der Waals surface area contributed by atoms with Crippen molar-refractivity contribution in [3.05, 3.63) is 12.2 Å². The van der Waals surface area contributed by atoms with Crippen molar-refractivity contribution in [2.75, 3.05) is 32.9 Å². The van der Waals surface area contributed by atoms with Crippen molar-refractivity contribution in [2.24, 2.45) is 0 Å². The summed E-state index contributed by atoms with van der Waals surface area (Å²) in [5.74, 6) is -1.32. The molecule has 4 amide bonds. The third kappa shape index (κ3) is 36.1. The Morgan fingerprint density at radius 3 is 1.44 bits per heavy atom. The molecule has 15 nitrogen and oxygen atoms in total. The molecular formula is C63H117N3O12. The Bertz CT molecular complexity index is 1490. The summed E-state index contributed by atoms with van der Waals surface area (Å²) in [6.45, 7) is 4.97. The molecule has 0 aromatic rings. The van der Waals surface area contributed by atoms with Gasteiger partial charge < -0.3 is 50.4 Å². The summed E-state index contributed by atoms with van der Waals surface area (Å²) in [4.78, 5) is 49.8. The number of rotatable bonds is 55. The highest BCUT2D eigenvalue weighted by Crippen LogP contribution is 2.24. The zero-order valence-corrected chi connectivity index (χ0v) is 49.5. The molecule has 0 radical (unpaired) electrons. The third-order valence-corrected chi connectivity index (χ3v) is 15.9. The largest absolute Gasteiger partial charge is 0.390 e. The highest BCUT2D eigenvalue weighted by atomic mass is 16.7. The van der Waals surface area contributed by atoms with Crippen LogP contribution in [0, 0.1) is 0 Å². The van der Waals surface area contributed by atoms with Crippen LogP contribution < -0.4 is 10.6 Å². The van der Waals surface area contributed by atoms with Crippen molar-refractivity contribution in [3.63, 3.8) is 0 Å². The fourth-order valence-electron chi connectivity index (χ4n) is 10.7. The Hall–Kier alpha value is -2.50. The molecule has 0 spiro atoms. The molecule has 456 valence electrons. The van der Waals surface area contributed by atoms with Gasteiger partial charge in [-0.25, -0.2) is 0 Å². The number of carbonyl (C=O) groups excluding carboxylic acids is 4. The van der Waals surface area contributed by atoms with Gasteiger partial charge >= 0.3 is 0 Å². The minimum atomic E-state index is -1.62. The van der Waals surface area contributed by atoms with Gasteiger partial charge in [-0.05, 0) is 25.7 Å². The number of hydrogen-bond donors (Lipinski definition) is 7. The van der Waals surface area contributed by atoms with Gasteiger partial charge in [0.25, 0.3) is 11.8 Å². The Kier molecular flexibility index (Phi) is 45.1. The van der Waals surface area contributed by atoms with Gasteiger partial charge in [-0.2, -0.15) is 0 Å². The molecule has 0 saturated carbocycles. The van der Waals surface area contributed by atoms with E-state index in [1.54, 1.807) is 0 Å². The van der Waals surface area contributed by atoms with E-state index < -0.39 is 60.8 Å². The summed E-state index contributed by atoms with van der Waals surface area (Å²) in [6, 6.07) is -1.01.